The molecule has 0 radical (unpaired) electrons. The van der Waals surface area contributed by atoms with Crippen molar-refractivity contribution in [3.8, 4) is 11.5 Å². The zero-order valence-corrected chi connectivity index (χ0v) is 12.7. The lowest BCUT2D eigenvalue weighted by atomic mass is 10.1. The van der Waals surface area contributed by atoms with Crippen LogP contribution in [0.5, 0.6) is 11.5 Å². The van der Waals surface area contributed by atoms with Crippen molar-refractivity contribution in [2.45, 2.75) is 19.6 Å². The fourth-order valence-electron chi connectivity index (χ4n) is 1.88. The monoisotopic (exact) mass is 309 g/mol. The molecule has 0 aliphatic heterocycles. The third kappa shape index (κ3) is 3.86. The van der Waals surface area contributed by atoms with Gasteiger partial charge < -0.3 is 15.2 Å². The minimum Gasteiger partial charge on any atom is -0.493 e. The van der Waals surface area contributed by atoms with E-state index in [0.717, 1.165) is 5.56 Å². The highest BCUT2D eigenvalue weighted by Gasteiger charge is 2.10. The van der Waals surface area contributed by atoms with E-state index in [-0.39, 0.29) is 12.6 Å². The van der Waals surface area contributed by atoms with Gasteiger partial charge in [-0.25, -0.2) is 4.39 Å². The predicted octanol–water partition coefficient (Wildman–Crippen LogP) is 4.09. The standard InChI is InChI=1S/C16H17ClFNO2/c1-10(19)11-4-6-15(16(7-11)20-2)21-9-12-3-5-13(17)8-14(12)18/h3-8,10H,9,19H2,1-2H3/t10-/m1/s1. The van der Waals surface area contributed by atoms with E-state index >= 15 is 0 Å². The van der Waals surface area contributed by atoms with E-state index in [4.69, 9.17) is 26.8 Å². The SMILES string of the molecule is COc1cc([C@@H](C)N)ccc1OCc1ccc(Cl)cc1F. The molecule has 2 aromatic carbocycles. The van der Waals surface area contributed by atoms with E-state index < -0.39 is 5.82 Å². The van der Waals surface area contributed by atoms with Gasteiger partial charge in [-0.1, -0.05) is 23.7 Å². The average molecular weight is 310 g/mol. The molecule has 21 heavy (non-hydrogen) atoms. The summed E-state index contributed by atoms with van der Waals surface area (Å²) < 4.78 is 24.6. The summed E-state index contributed by atoms with van der Waals surface area (Å²) in [6.45, 7) is 1.98. The zero-order chi connectivity index (χ0) is 15.4. The smallest absolute Gasteiger partial charge is 0.161 e. The van der Waals surface area contributed by atoms with Crippen molar-refractivity contribution in [1.82, 2.24) is 0 Å². The number of methoxy groups -OCH3 is 1. The highest BCUT2D eigenvalue weighted by atomic mass is 35.5. The highest BCUT2D eigenvalue weighted by molar-refractivity contribution is 6.30. The second-order valence-corrected chi connectivity index (χ2v) is 5.16. The van der Waals surface area contributed by atoms with E-state index in [1.807, 2.05) is 19.1 Å². The predicted molar refractivity (Wildman–Crippen MR) is 81.3 cm³/mol. The van der Waals surface area contributed by atoms with Gasteiger partial charge in [0.05, 0.1) is 7.11 Å². The summed E-state index contributed by atoms with van der Waals surface area (Å²) in [5.41, 5.74) is 7.20. The Balaban J connectivity index is 2.16. The van der Waals surface area contributed by atoms with Gasteiger partial charge in [0.15, 0.2) is 11.5 Å². The van der Waals surface area contributed by atoms with Gasteiger partial charge in [-0.3, -0.25) is 0 Å². The number of halogens is 2. The first kappa shape index (κ1) is 15.6. The number of ether oxygens (including phenoxy) is 2. The molecule has 2 aromatic rings. The molecule has 2 N–H and O–H groups in total. The summed E-state index contributed by atoms with van der Waals surface area (Å²) in [5.74, 6) is 0.712. The molecule has 0 fully saturated rings. The van der Waals surface area contributed by atoms with Gasteiger partial charge in [0, 0.05) is 16.6 Å². The molecule has 0 aliphatic rings. The molecule has 112 valence electrons. The molecule has 5 heteroatoms. The lowest BCUT2D eigenvalue weighted by Crippen LogP contribution is -2.06. The van der Waals surface area contributed by atoms with Gasteiger partial charge >= 0.3 is 0 Å². The van der Waals surface area contributed by atoms with E-state index in [1.165, 1.54) is 6.07 Å². The first-order valence-electron chi connectivity index (χ1n) is 6.51. The van der Waals surface area contributed by atoms with Crippen molar-refractivity contribution >= 4 is 11.6 Å². The fraction of sp³-hybridized carbons (Fsp3) is 0.250. The van der Waals surface area contributed by atoms with Crippen molar-refractivity contribution < 1.29 is 13.9 Å². The molecular formula is C16H17ClFNO2. The lowest BCUT2D eigenvalue weighted by Gasteiger charge is -2.14. The fourth-order valence-corrected chi connectivity index (χ4v) is 2.04. The summed E-state index contributed by atoms with van der Waals surface area (Å²) in [5, 5.41) is 0.357. The van der Waals surface area contributed by atoms with Crippen LogP contribution in [0.3, 0.4) is 0 Å². The molecular weight excluding hydrogens is 293 g/mol. The van der Waals surface area contributed by atoms with E-state index in [2.05, 4.69) is 0 Å². The number of hydrogen-bond donors (Lipinski definition) is 1. The second-order valence-electron chi connectivity index (χ2n) is 4.72. The Morgan fingerprint density at radius 3 is 2.57 bits per heavy atom. The Morgan fingerprint density at radius 2 is 1.95 bits per heavy atom. The van der Waals surface area contributed by atoms with Crippen LogP contribution in [0.1, 0.15) is 24.1 Å². The number of benzene rings is 2. The topological polar surface area (TPSA) is 44.5 Å². The summed E-state index contributed by atoms with van der Waals surface area (Å²) in [6, 6.07) is 9.84. The van der Waals surface area contributed by atoms with Gasteiger partial charge in [-0.15, -0.1) is 0 Å². The molecule has 0 heterocycles. The Labute approximate surface area is 128 Å². The molecule has 2 rings (SSSR count). The van der Waals surface area contributed by atoms with Crippen LogP contribution in [0.25, 0.3) is 0 Å². The van der Waals surface area contributed by atoms with Crippen LogP contribution < -0.4 is 15.2 Å². The number of rotatable bonds is 5. The Bertz CT molecular complexity index is 632. The van der Waals surface area contributed by atoms with Crippen LogP contribution in [0.4, 0.5) is 4.39 Å². The van der Waals surface area contributed by atoms with Gasteiger partial charge in [-0.2, -0.15) is 0 Å². The van der Waals surface area contributed by atoms with Crippen molar-refractivity contribution in [3.63, 3.8) is 0 Å². The minimum absolute atomic E-state index is 0.0941. The first-order valence-corrected chi connectivity index (χ1v) is 6.89. The van der Waals surface area contributed by atoms with Crippen LogP contribution in [0.15, 0.2) is 36.4 Å². The molecule has 0 spiro atoms. The molecule has 0 unspecified atom stereocenters. The maximum absolute atomic E-state index is 13.7. The molecule has 0 bridgehead atoms. The molecule has 0 saturated carbocycles. The van der Waals surface area contributed by atoms with E-state index in [0.29, 0.717) is 22.1 Å². The van der Waals surface area contributed by atoms with Crippen molar-refractivity contribution in [2.24, 2.45) is 5.73 Å². The number of hydrogen-bond acceptors (Lipinski definition) is 3. The summed E-state index contributed by atoms with van der Waals surface area (Å²) in [4.78, 5) is 0. The average Bonchev–Trinajstić information content (AvgIpc) is 2.46. The lowest BCUT2D eigenvalue weighted by molar-refractivity contribution is 0.279. The van der Waals surface area contributed by atoms with Crippen LogP contribution >= 0.6 is 11.6 Å². The van der Waals surface area contributed by atoms with Crippen LogP contribution in [0.2, 0.25) is 5.02 Å². The van der Waals surface area contributed by atoms with Gasteiger partial charge in [-0.05, 0) is 36.8 Å². The normalized spacial score (nSPS) is 12.0. The van der Waals surface area contributed by atoms with Crippen LogP contribution in [-0.2, 0) is 6.61 Å². The molecule has 0 saturated heterocycles. The minimum atomic E-state index is -0.395. The molecule has 0 aliphatic carbocycles. The summed E-state index contributed by atoms with van der Waals surface area (Å²) in [6.07, 6.45) is 0. The third-order valence-corrected chi connectivity index (χ3v) is 3.35. The Morgan fingerprint density at radius 1 is 1.19 bits per heavy atom. The Hall–Kier alpha value is -1.78. The first-order chi connectivity index (χ1) is 10.0. The van der Waals surface area contributed by atoms with Gasteiger partial charge in [0.2, 0.25) is 0 Å². The Kier molecular flexibility index (Phi) is 5.04. The third-order valence-electron chi connectivity index (χ3n) is 3.11. The van der Waals surface area contributed by atoms with Gasteiger partial charge in [0.1, 0.15) is 12.4 Å². The second kappa shape index (κ2) is 6.78. The maximum atomic E-state index is 13.7. The van der Waals surface area contributed by atoms with Crippen molar-refractivity contribution in [3.05, 3.63) is 58.4 Å². The van der Waals surface area contributed by atoms with Crippen molar-refractivity contribution in [2.75, 3.05) is 7.11 Å². The maximum Gasteiger partial charge on any atom is 0.161 e. The van der Waals surface area contributed by atoms with Crippen molar-refractivity contribution in [1.29, 1.82) is 0 Å². The molecule has 0 aromatic heterocycles. The quantitative estimate of drug-likeness (QED) is 0.905. The number of nitrogens with two attached hydrogens (primary N) is 1. The summed E-state index contributed by atoms with van der Waals surface area (Å²) in [7, 11) is 1.55. The highest BCUT2D eigenvalue weighted by Crippen LogP contribution is 2.30. The molecule has 1 atom stereocenters. The summed E-state index contributed by atoms with van der Waals surface area (Å²) >= 11 is 5.72. The zero-order valence-electron chi connectivity index (χ0n) is 11.9. The largest absolute Gasteiger partial charge is 0.493 e. The van der Waals surface area contributed by atoms with Crippen LogP contribution in [0, 0.1) is 5.82 Å². The van der Waals surface area contributed by atoms with Gasteiger partial charge in [0.25, 0.3) is 0 Å². The molecule has 3 nitrogen and oxygen atoms in total. The van der Waals surface area contributed by atoms with Crippen LogP contribution in [-0.4, -0.2) is 7.11 Å². The van der Waals surface area contributed by atoms with E-state index in [1.54, 1.807) is 25.3 Å². The molecule has 0 amide bonds. The van der Waals surface area contributed by atoms with E-state index in [9.17, 15) is 4.39 Å².